The third-order valence-electron chi connectivity index (χ3n) is 6.01. The van der Waals surface area contributed by atoms with Gasteiger partial charge in [-0.2, -0.15) is 0 Å². The largest absolute Gasteiger partial charge is 0.444 e. The lowest BCUT2D eigenvalue weighted by atomic mass is 9.95. The van der Waals surface area contributed by atoms with Gasteiger partial charge < -0.3 is 20.3 Å². The zero-order chi connectivity index (χ0) is 27.3. The van der Waals surface area contributed by atoms with Crippen molar-refractivity contribution in [2.24, 2.45) is 5.92 Å². The summed E-state index contributed by atoms with van der Waals surface area (Å²) in [5.74, 6) is -0.656. The SMILES string of the molecule is CCCCCCN(C(=O)C(NC(=O)OC(C)(C)C)C(C)C)C(C(=O)NCCCC)c1ccccc1C. The fraction of sp³-hybridized carbons (Fsp3) is 0.690. The van der Waals surface area contributed by atoms with Gasteiger partial charge in [0.2, 0.25) is 11.8 Å². The number of ether oxygens (including phenoxy) is 1. The van der Waals surface area contributed by atoms with Gasteiger partial charge in [-0.1, -0.05) is 77.6 Å². The summed E-state index contributed by atoms with van der Waals surface area (Å²) in [4.78, 5) is 42.0. The molecule has 0 radical (unpaired) electrons. The first kappa shape index (κ1) is 31.5. The van der Waals surface area contributed by atoms with E-state index in [0.29, 0.717) is 13.1 Å². The Kier molecular flexibility index (Phi) is 13.6. The summed E-state index contributed by atoms with van der Waals surface area (Å²) in [7, 11) is 0. The topological polar surface area (TPSA) is 87.7 Å². The molecule has 204 valence electrons. The molecular formula is C29H49N3O4. The van der Waals surface area contributed by atoms with Crippen LogP contribution in [0.15, 0.2) is 24.3 Å². The molecule has 3 amide bonds. The molecule has 1 rings (SSSR count). The van der Waals surface area contributed by atoms with Gasteiger partial charge in [0.1, 0.15) is 17.7 Å². The molecule has 0 saturated heterocycles. The van der Waals surface area contributed by atoms with Gasteiger partial charge >= 0.3 is 6.09 Å². The molecule has 0 heterocycles. The van der Waals surface area contributed by atoms with Gasteiger partial charge in [-0.3, -0.25) is 9.59 Å². The van der Waals surface area contributed by atoms with E-state index < -0.39 is 23.8 Å². The molecule has 2 N–H and O–H groups in total. The highest BCUT2D eigenvalue weighted by Gasteiger charge is 2.37. The summed E-state index contributed by atoms with van der Waals surface area (Å²) in [5.41, 5.74) is 1.06. The third kappa shape index (κ3) is 10.6. The van der Waals surface area contributed by atoms with Gasteiger partial charge in [0, 0.05) is 13.1 Å². The van der Waals surface area contributed by atoms with Crippen molar-refractivity contribution in [2.75, 3.05) is 13.1 Å². The predicted molar refractivity (Wildman–Crippen MR) is 146 cm³/mol. The van der Waals surface area contributed by atoms with Gasteiger partial charge in [0.15, 0.2) is 0 Å². The van der Waals surface area contributed by atoms with Crippen LogP contribution in [0, 0.1) is 12.8 Å². The molecule has 0 aliphatic carbocycles. The quantitative estimate of drug-likeness (QED) is 0.309. The Hall–Kier alpha value is -2.57. The molecule has 2 atom stereocenters. The van der Waals surface area contributed by atoms with Crippen LogP contribution in [-0.2, 0) is 14.3 Å². The predicted octanol–water partition coefficient (Wildman–Crippen LogP) is 5.91. The molecule has 0 bridgehead atoms. The van der Waals surface area contributed by atoms with E-state index in [1.54, 1.807) is 25.7 Å². The Labute approximate surface area is 218 Å². The number of amides is 3. The van der Waals surface area contributed by atoms with E-state index in [1.807, 2.05) is 45.0 Å². The maximum Gasteiger partial charge on any atom is 0.408 e. The van der Waals surface area contributed by atoms with Crippen LogP contribution in [-0.4, -0.2) is 47.5 Å². The Morgan fingerprint density at radius 1 is 0.972 bits per heavy atom. The summed E-state index contributed by atoms with van der Waals surface area (Å²) in [6, 6.07) is 6.10. The van der Waals surface area contributed by atoms with Crippen molar-refractivity contribution in [2.45, 2.75) is 112 Å². The van der Waals surface area contributed by atoms with Gasteiger partial charge in [-0.25, -0.2) is 4.79 Å². The number of unbranched alkanes of at least 4 members (excludes halogenated alkanes) is 4. The van der Waals surface area contributed by atoms with E-state index in [9.17, 15) is 14.4 Å². The van der Waals surface area contributed by atoms with E-state index in [1.165, 1.54) is 0 Å². The van der Waals surface area contributed by atoms with Crippen molar-refractivity contribution >= 4 is 17.9 Å². The van der Waals surface area contributed by atoms with E-state index in [0.717, 1.165) is 49.7 Å². The van der Waals surface area contributed by atoms with Crippen molar-refractivity contribution in [1.29, 1.82) is 0 Å². The Bertz CT molecular complexity index is 832. The van der Waals surface area contributed by atoms with Crippen molar-refractivity contribution in [3.8, 4) is 0 Å². The van der Waals surface area contributed by atoms with Crippen LogP contribution >= 0.6 is 0 Å². The molecule has 1 aromatic rings. The highest BCUT2D eigenvalue weighted by molar-refractivity contribution is 5.92. The van der Waals surface area contributed by atoms with Gasteiger partial charge in [0.05, 0.1) is 0 Å². The Morgan fingerprint density at radius 2 is 1.61 bits per heavy atom. The van der Waals surface area contributed by atoms with Crippen LogP contribution < -0.4 is 10.6 Å². The maximum absolute atomic E-state index is 14.1. The van der Waals surface area contributed by atoms with Crippen LogP contribution in [0.4, 0.5) is 4.79 Å². The highest BCUT2D eigenvalue weighted by Crippen LogP contribution is 2.27. The van der Waals surface area contributed by atoms with E-state index in [-0.39, 0.29) is 17.7 Å². The number of nitrogens with one attached hydrogen (secondary N) is 2. The first-order valence-electron chi connectivity index (χ1n) is 13.6. The Balaban J connectivity index is 3.42. The molecule has 7 nitrogen and oxygen atoms in total. The monoisotopic (exact) mass is 503 g/mol. The van der Waals surface area contributed by atoms with Crippen LogP contribution in [0.25, 0.3) is 0 Å². The molecule has 7 heteroatoms. The number of rotatable bonds is 14. The number of aryl methyl sites for hydroxylation is 1. The summed E-state index contributed by atoms with van der Waals surface area (Å²) >= 11 is 0. The number of hydrogen-bond acceptors (Lipinski definition) is 4. The Morgan fingerprint density at radius 3 is 2.17 bits per heavy atom. The summed E-state index contributed by atoms with van der Waals surface area (Å²) in [6.45, 7) is 16.3. The number of carbonyl (C=O) groups is 3. The zero-order valence-electron chi connectivity index (χ0n) is 23.8. The third-order valence-corrected chi connectivity index (χ3v) is 6.01. The molecule has 36 heavy (non-hydrogen) atoms. The minimum Gasteiger partial charge on any atom is -0.444 e. The van der Waals surface area contributed by atoms with Gasteiger partial charge in [-0.05, 0) is 57.6 Å². The average Bonchev–Trinajstić information content (AvgIpc) is 2.78. The van der Waals surface area contributed by atoms with E-state index in [4.69, 9.17) is 4.74 Å². The second kappa shape index (κ2) is 15.5. The zero-order valence-corrected chi connectivity index (χ0v) is 23.8. The lowest BCUT2D eigenvalue weighted by Gasteiger charge is -2.36. The molecule has 0 spiro atoms. The van der Waals surface area contributed by atoms with Crippen molar-refractivity contribution in [3.05, 3.63) is 35.4 Å². The van der Waals surface area contributed by atoms with Crippen LogP contribution in [0.5, 0.6) is 0 Å². The number of nitrogens with zero attached hydrogens (tertiary/aromatic N) is 1. The summed E-state index contributed by atoms with van der Waals surface area (Å²) in [6.07, 6.45) is 5.06. The molecule has 0 aromatic heterocycles. The highest BCUT2D eigenvalue weighted by atomic mass is 16.6. The fourth-order valence-electron chi connectivity index (χ4n) is 4.03. The van der Waals surface area contributed by atoms with Crippen LogP contribution in [0.3, 0.4) is 0 Å². The number of alkyl carbamates (subject to hydrolysis) is 1. The smallest absolute Gasteiger partial charge is 0.408 e. The number of hydrogen-bond donors (Lipinski definition) is 2. The lowest BCUT2D eigenvalue weighted by molar-refractivity contribution is -0.143. The minimum absolute atomic E-state index is 0.191. The molecule has 0 fully saturated rings. The normalized spacial score (nSPS) is 13.1. The lowest BCUT2D eigenvalue weighted by Crippen LogP contribution is -2.55. The van der Waals surface area contributed by atoms with Gasteiger partial charge in [-0.15, -0.1) is 0 Å². The molecule has 2 unspecified atom stereocenters. The summed E-state index contributed by atoms with van der Waals surface area (Å²) < 4.78 is 5.44. The molecule has 0 saturated carbocycles. The van der Waals surface area contributed by atoms with Crippen molar-refractivity contribution in [1.82, 2.24) is 15.5 Å². The second-order valence-corrected chi connectivity index (χ2v) is 10.9. The molecule has 1 aromatic carbocycles. The number of carbonyl (C=O) groups excluding carboxylic acids is 3. The van der Waals surface area contributed by atoms with E-state index >= 15 is 0 Å². The van der Waals surface area contributed by atoms with Crippen LogP contribution in [0.1, 0.15) is 104 Å². The maximum atomic E-state index is 14.1. The standard InChI is InChI=1S/C29H49N3O4/c1-9-11-13-16-20-32(27(34)24(21(3)4)31-28(35)36-29(6,7)8)25(26(33)30-19-12-10-2)23-18-15-14-17-22(23)5/h14-15,17-18,21,24-25H,9-13,16,19-20H2,1-8H3,(H,30,33)(H,31,35). The minimum atomic E-state index is -0.819. The molecule has 0 aliphatic rings. The van der Waals surface area contributed by atoms with Crippen molar-refractivity contribution < 1.29 is 19.1 Å². The fourth-order valence-corrected chi connectivity index (χ4v) is 4.03. The average molecular weight is 504 g/mol. The van der Waals surface area contributed by atoms with Crippen molar-refractivity contribution in [3.63, 3.8) is 0 Å². The van der Waals surface area contributed by atoms with Crippen LogP contribution in [0.2, 0.25) is 0 Å². The first-order valence-corrected chi connectivity index (χ1v) is 13.6. The number of benzene rings is 1. The van der Waals surface area contributed by atoms with E-state index in [2.05, 4.69) is 24.5 Å². The molecule has 0 aliphatic heterocycles. The second-order valence-electron chi connectivity index (χ2n) is 10.9. The first-order chi connectivity index (χ1) is 16.9. The van der Waals surface area contributed by atoms with Gasteiger partial charge in [0.25, 0.3) is 0 Å². The molecular weight excluding hydrogens is 454 g/mol. The summed E-state index contributed by atoms with van der Waals surface area (Å²) in [5, 5.41) is 5.82.